The van der Waals surface area contributed by atoms with Gasteiger partial charge in [0.1, 0.15) is 0 Å². The number of carbonyl (C=O) groups is 2. The minimum atomic E-state index is -2.13. The molecule has 0 aliphatic carbocycles. The Morgan fingerprint density at radius 2 is 1.91 bits per heavy atom. The molecule has 0 fully saturated rings. The molecule has 4 nitrogen and oxygen atoms in total. The van der Waals surface area contributed by atoms with Gasteiger partial charge in [-0.2, -0.15) is 0 Å². The Kier molecular flexibility index (Phi) is 8.14. The molecule has 0 aromatic rings. The summed E-state index contributed by atoms with van der Waals surface area (Å²) in [7, 11) is -2.13. The van der Waals surface area contributed by atoms with Crippen LogP contribution in [0.25, 0.3) is 0 Å². The van der Waals surface area contributed by atoms with E-state index in [4.69, 9.17) is 5.80 Å². The Hall–Kier alpha value is -0.333. The molecule has 6 heteroatoms. The molecule has 0 aliphatic heterocycles. The number of carbonyl (C=O) groups excluding carboxylic acids is 2. The van der Waals surface area contributed by atoms with E-state index >= 15 is 0 Å². The average Bonchev–Trinajstić information content (AvgIpc) is 2.40. The first kappa shape index (κ1) is 19.7. The minimum Gasteiger partial charge on any atom is -0.413 e. The third kappa shape index (κ3) is 7.29. The van der Waals surface area contributed by atoms with Crippen LogP contribution in [-0.4, -0.2) is 37.7 Å². The van der Waals surface area contributed by atoms with E-state index in [1.165, 1.54) is 6.92 Å². The van der Waals surface area contributed by atoms with Crippen LogP contribution in [0.1, 0.15) is 49.3 Å². The molecule has 1 N–H and O–H groups in total. The number of hydrogen-bond donors (Lipinski definition) is 1. The molecule has 0 aromatic carbocycles. The molecule has 0 radical (unpaired) electrons. The van der Waals surface area contributed by atoms with Crippen molar-refractivity contribution >= 4 is 31.1 Å². The van der Waals surface area contributed by atoms with Gasteiger partial charge in [0.25, 0.3) is 0 Å². The Bertz CT molecular complexity index is 426. The zero-order chi connectivity index (χ0) is 18.5. The second-order valence-electron chi connectivity index (χ2n) is 7.05. The van der Waals surface area contributed by atoms with Crippen molar-refractivity contribution in [3.63, 3.8) is 0 Å². The number of amides is 1. The molecule has 2 atom stereocenters. The summed E-state index contributed by atoms with van der Waals surface area (Å²) >= 11 is 1.16. The van der Waals surface area contributed by atoms with Crippen LogP contribution >= 0.6 is 11.8 Å². The fourth-order valence-electron chi connectivity index (χ4n) is 1.58. The molecule has 130 valence electrons. The van der Waals surface area contributed by atoms with E-state index in [-0.39, 0.29) is 16.1 Å². The van der Waals surface area contributed by atoms with E-state index in [2.05, 4.69) is 39.2 Å². The van der Waals surface area contributed by atoms with Gasteiger partial charge < -0.3 is 9.74 Å². The van der Waals surface area contributed by atoms with E-state index in [1.54, 1.807) is 6.92 Å². The zero-order valence-electron chi connectivity index (χ0n) is 16.3. The average molecular weight is 351 g/mol. The quantitative estimate of drug-likeness (QED) is 0.411. The van der Waals surface area contributed by atoms with Crippen molar-refractivity contribution in [1.29, 1.82) is 0 Å². The van der Waals surface area contributed by atoms with Crippen LogP contribution in [0.5, 0.6) is 0 Å². The van der Waals surface area contributed by atoms with Crippen molar-refractivity contribution in [3.05, 3.63) is 0 Å². The fraction of sp³-hybridized carbons (Fsp3) is 0.875. The molecule has 1 amide bonds. The van der Waals surface area contributed by atoms with Gasteiger partial charge in [-0.15, -0.1) is 0 Å². The van der Waals surface area contributed by atoms with Gasteiger partial charge in [0, 0.05) is 19.2 Å². The Morgan fingerprint density at radius 3 is 2.32 bits per heavy atom. The van der Waals surface area contributed by atoms with Crippen molar-refractivity contribution < 1.29 is 15.4 Å². The summed E-state index contributed by atoms with van der Waals surface area (Å²) in [4.78, 5) is 23.2. The summed E-state index contributed by atoms with van der Waals surface area (Å²) in [6.45, 7) is 16.2. The molecule has 0 spiro atoms. The highest BCUT2D eigenvalue weighted by atomic mass is 32.2. The number of rotatable bonds is 8. The highest BCUT2D eigenvalue weighted by molar-refractivity contribution is 8.13. The topological polar surface area (TPSA) is 55.4 Å². The number of nitrogens with one attached hydrogen (secondary N) is 1. The van der Waals surface area contributed by atoms with Gasteiger partial charge in [-0.1, -0.05) is 46.4 Å². The Morgan fingerprint density at radius 1 is 1.36 bits per heavy atom. The maximum absolute atomic E-state index is 12.4. The van der Waals surface area contributed by atoms with E-state index in [0.717, 1.165) is 11.8 Å². The van der Waals surface area contributed by atoms with E-state index in [9.17, 15) is 9.59 Å². The van der Waals surface area contributed by atoms with Gasteiger partial charge in [0.2, 0.25) is 5.91 Å². The lowest BCUT2D eigenvalue weighted by Gasteiger charge is -2.40. The van der Waals surface area contributed by atoms with Crippen molar-refractivity contribution in [3.8, 4) is 0 Å². The monoisotopic (exact) mass is 350 g/mol. The summed E-state index contributed by atoms with van der Waals surface area (Å²) in [5.41, 5.74) is 0. The molecule has 0 heterocycles. The van der Waals surface area contributed by atoms with Gasteiger partial charge in [0.15, 0.2) is 13.4 Å². The molecule has 0 aliphatic rings. The smallest absolute Gasteiger partial charge is 0.216 e. The largest absolute Gasteiger partial charge is 0.413 e. The number of hydrogen-bond acceptors (Lipinski definition) is 4. The van der Waals surface area contributed by atoms with Crippen LogP contribution in [0.15, 0.2) is 0 Å². The van der Waals surface area contributed by atoms with Gasteiger partial charge in [0.05, 0.1) is 13.4 Å². The van der Waals surface area contributed by atoms with Crippen LogP contribution in [-0.2, 0) is 14.0 Å². The minimum absolute atomic E-state index is 0.00418. The summed E-state index contributed by atoms with van der Waals surface area (Å²) < 4.78 is 15.0. The standard InChI is InChI=1S/C16H33NO3SSi/c1-9-14(20-22(7,8)16(4,5)6)12(2)15(19)21-11-10-17-13(3)18/h12,14H,9-11H2,1-8H3,(H,17,18)/t12-,14-/m1/s1/i12+1,14+1D. The van der Waals surface area contributed by atoms with E-state index in [0.29, 0.717) is 18.7 Å². The van der Waals surface area contributed by atoms with Gasteiger partial charge in [-0.25, -0.2) is 0 Å². The van der Waals surface area contributed by atoms with Crippen molar-refractivity contribution in [2.45, 2.75) is 72.2 Å². The maximum Gasteiger partial charge on any atom is 0.216 e. The normalized spacial score (nSPS) is 17.4. The summed E-state index contributed by atoms with van der Waals surface area (Å²) in [6.07, 6.45) is -0.722. The van der Waals surface area contributed by atoms with Crippen LogP contribution < -0.4 is 5.32 Å². The second-order valence-corrected chi connectivity index (χ2v) is 12.9. The second kappa shape index (κ2) is 9.08. The Balaban J connectivity index is 4.85. The third-order valence-corrected chi connectivity index (χ3v) is 9.53. The molecule has 22 heavy (non-hydrogen) atoms. The first-order valence-electron chi connectivity index (χ1n) is 8.38. The Labute approximate surface area is 142 Å². The first-order chi connectivity index (χ1) is 10.3. The lowest BCUT2D eigenvalue weighted by molar-refractivity contribution is -0.119. The molecule has 0 saturated heterocycles. The molecular formula is C16H33NO3SSi. The van der Waals surface area contributed by atoms with E-state index < -0.39 is 20.3 Å². The fourth-order valence-corrected chi connectivity index (χ4v) is 3.65. The highest BCUT2D eigenvalue weighted by Gasteiger charge is 2.40. The number of thioether (sulfide) groups is 1. The van der Waals surface area contributed by atoms with Crippen LogP contribution in [0, 0.1) is 5.92 Å². The molecule has 0 rings (SSSR count). The summed E-state index contributed by atoms with van der Waals surface area (Å²) in [5.74, 6) is -0.0949. The maximum atomic E-state index is 12.4. The highest BCUT2D eigenvalue weighted by Crippen LogP contribution is 2.38. The molecule has 0 aromatic heterocycles. The lowest BCUT2D eigenvalue weighted by Crippen LogP contribution is -2.46. The van der Waals surface area contributed by atoms with Crippen molar-refractivity contribution in [2.24, 2.45) is 5.92 Å². The zero-order valence-corrected chi connectivity index (χ0v) is 17.1. The molecular weight excluding hydrogens is 316 g/mol. The SMILES string of the molecule is [2H][13C@](CC)(O[Si](C)(C)C(C)(C)C)[13C@@H](C)C(=O)SCCNC(C)=O. The van der Waals surface area contributed by atoms with Gasteiger partial charge >= 0.3 is 0 Å². The van der Waals surface area contributed by atoms with Crippen LogP contribution in [0.4, 0.5) is 0 Å². The van der Waals surface area contributed by atoms with Crippen molar-refractivity contribution in [2.75, 3.05) is 12.3 Å². The van der Waals surface area contributed by atoms with Crippen LogP contribution in [0.3, 0.4) is 0 Å². The predicted octanol–water partition coefficient (Wildman–Crippen LogP) is 3.82. The van der Waals surface area contributed by atoms with E-state index in [1.807, 2.05) is 6.92 Å². The van der Waals surface area contributed by atoms with Crippen molar-refractivity contribution in [1.82, 2.24) is 5.32 Å². The predicted molar refractivity (Wildman–Crippen MR) is 97.7 cm³/mol. The van der Waals surface area contributed by atoms with Crippen LogP contribution in [0.2, 0.25) is 18.1 Å². The first-order valence-corrected chi connectivity index (χ1v) is 11.8. The lowest BCUT2D eigenvalue weighted by atomic mass is 10.2. The third-order valence-electron chi connectivity index (χ3n) is 4.10. The molecule has 0 bridgehead atoms. The van der Waals surface area contributed by atoms with Gasteiger partial charge in [-0.3, -0.25) is 9.59 Å². The summed E-state index contributed by atoms with van der Waals surface area (Å²) in [6, 6.07) is 0. The summed E-state index contributed by atoms with van der Waals surface area (Å²) in [5, 5.41) is 2.61. The molecule has 0 saturated carbocycles. The molecule has 0 unspecified atom stereocenters. The van der Waals surface area contributed by atoms with Gasteiger partial charge in [-0.05, 0) is 24.6 Å².